The molecule has 2 N–H and O–H groups in total. The minimum Gasteiger partial charge on any atom is -0.374 e. The fourth-order valence-corrected chi connectivity index (χ4v) is 1.86. The highest BCUT2D eigenvalue weighted by atomic mass is 19.2. The van der Waals surface area contributed by atoms with Crippen molar-refractivity contribution in [1.82, 2.24) is 0 Å². The Kier molecular flexibility index (Phi) is 5.00. The SMILES string of the molecule is CC(=O)c1cccc(NC(=O)CNc2ccc(F)c(F)c2F)c1. The van der Waals surface area contributed by atoms with Crippen molar-refractivity contribution in [3.05, 3.63) is 59.4 Å². The lowest BCUT2D eigenvalue weighted by Crippen LogP contribution is -2.22. The lowest BCUT2D eigenvalue weighted by molar-refractivity contribution is -0.114. The Morgan fingerprint density at radius 2 is 1.78 bits per heavy atom. The van der Waals surface area contributed by atoms with E-state index < -0.39 is 23.4 Å². The molecule has 0 bridgehead atoms. The molecule has 0 heterocycles. The maximum atomic E-state index is 13.4. The summed E-state index contributed by atoms with van der Waals surface area (Å²) in [6.07, 6.45) is 0. The number of rotatable bonds is 5. The van der Waals surface area contributed by atoms with E-state index in [1.165, 1.54) is 13.0 Å². The number of Topliss-reactive ketones (excluding diaryl/α,β-unsaturated/α-hetero) is 1. The van der Waals surface area contributed by atoms with Crippen LogP contribution in [0.5, 0.6) is 0 Å². The molecular weight excluding hydrogens is 309 g/mol. The molecule has 0 unspecified atom stereocenters. The third-order valence-electron chi connectivity index (χ3n) is 3.03. The van der Waals surface area contributed by atoms with Crippen molar-refractivity contribution in [1.29, 1.82) is 0 Å². The molecule has 23 heavy (non-hydrogen) atoms. The maximum absolute atomic E-state index is 13.4. The summed E-state index contributed by atoms with van der Waals surface area (Å²) in [7, 11) is 0. The van der Waals surface area contributed by atoms with Gasteiger partial charge in [-0.3, -0.25) is 9.59 Å². The maximum Gasteiger partial charge on any atom is 0.243 e. The highest BCUT2D eigenvalue weighted by Crippen LogP contribution is 2.19. The molecule has 0 radical (unpaired) electrons. The summed E-state index contributed by atoms with van der Waals surface area (Å²) in [5, 5.41) is 4.89. The number of halogens is 3. The Balaban J connectivity index is 1.99. The van der Waals surface area contributed by atoms with Crippen LogP contribution in [0.2, 0.25) is 0 Å². The van der Waals surface area contributed by atoms with Crippen LogP contribution in [0.15, 0.2) is 36.4 Å². The molecule has 2 rings (SSSR count). The molecule has 0 aliphatic heterocycles. The number of hydrogen-bond acceptors (Lipinski definition) is 3. The molecule has 0 aliphatic carbocycles. The van der Waals surface area contributed by atoms with Gasteiger partial charge in [0.2, 0.25) is 5.91 Å². The van der Waals surface area contributed by atoms with Crippen LogP contribution in [0.1, 0.15) is 17.3 Å². The van der Waals surface area contributed by atoms with Crippen molar-refractivity contribution in [3.63, 3.8) is 0 Å². The zero-order valence-electron chi connectivity index (χ0n) is 12.1. The first-order chi connectivity index (χ1) is 10.9. The zero-order chi connectivity index (χ0) is 17.0. The van der Waals surface area contributed by atoms with E-state index in [-0.39, 0.29) is 18.0 Å². The summed E-state index contributed by atoms with van der Waals surface area (Å²) in [6.45, 7) is 1.04. The number of ketones is 1. The minimum absolute atomic E-state index is 0.150. The minimum atomic E-state index is -1.61. The van der Waals surface area contributed by atoms with Gasteiger partial charge in [0.25, 0.3) is 0 Å². The summed E-state index contributed by atoms with van der Waals surface area (Å²) in [6, 6.07) is 8.05. The molecule has 0 saturated carbocycles. The molecule has 0 saturated heterocycles. The van der Waals surface area contributed by atoms with E-state index >= 15 is 0 Å². The normalized spacial score (nSPS) is 10.3. The van der Waals surface area contributed by atoms with Crippen LogP contribution < -0.4 is 10.6 Å². The number of carbonyl (C=O) groups is 2. The van der Waals surface area contributed by atoms with Gasteiger partial charge >= 0.3 is 0 Å². The third kappa shape index (κ3) is 4.09. The van der Waals surface area contributed by atoms with Gasteiger partial charge in [0, 0.05) is 11.3 Å². The molecule has 2 aromatic rings. The largest absolute Gasteiger partial charge is 0.374 e. The lowest BCUT2D eigenvalue weighted by atomic mass is 10.1. The average Bonchev–Trinajstić information content (AvgIpc) is 2.52. The fourth-order valence-electron chi connectivity index (χ4n) is 1.86. The van der Waals surface area contributed by atoms with E-state index in [0.717, 1.165) is 12.1 Å². The molecule has 0 aliphatic rings. The van der Waals surface area contributed by atoms with Gasteiger partial charge in [-0.25, -0.2) is 13.2 Å². The second-order valence-electron chi connectivity index (χ2n) is 4.76. The molecule has 0 spiro atoms. The number of amides is 1. The summed E-state index contributed by atoms with van der Waals surface area (Å²) < 4.78 is 39.3. The van der Waals surface area contributed by atoms with E-state index in [1.54, 1.807) is 18.2 Å². The number of nitrogens with one attached hydrogen (secondary N) is 2. The van der Waals surface area contributed by atoms with Crippen LogP contribution in [0, 0.1) is 17.5 Å². The quantitative estimate of drug-likeness (QED) is 0.655. The summed E-state index contributed by atoms with van der Waals surface area (Å²) in [4.78, 5) is 23.0. The van der Waals surface area contributed by atoms with E-state index in [0.29, 0.717) is 11.3 Å². The first-order valence-electron chi connectivity index (χ1n) is 6.66. The molecule has 4 nitrogen and oxygen atoms in total. The number of benzene rings is 2. The molecule has 2 aromatic carbocycles. The van der Waals surface area contributed by atoms with Crippen molar-refractivity contribution in [2.45, 2.75) is 6.92 Å². The van der Waals surface area contributed by atoms with Gasteiger partial charge in [-0.15, -0.1) is 0 Å². The van der Waals surface area contributed by atoms with Gasteiger partial charge < -0.3 is 10.6 Å². The van der Waals surface area contributed by atoms with Gasteiger partial charge in [-0.05, 0) is 31.2 Å². The van der Waals surface area contributed by atoms with Crippen LogP contribution in [-0.4, -0.2) is 18.2 Å². The number of anilines is 2. The molecule has 0 fully saturated rings. The second kappa shape index (κ2) is 6.95. The fraction of sp³-hybridized carbons (Fsp3) is 0.125. The van der Waals surface area contributed by atoms with Gasteiger partial charge in [-0.1, -0.05) is 12.1 Å². The van der Waals surface area contributed by atoms with E-state index in [9.17, 15) is 22.8 Å². The zero-order valence-corrected chi connectivity index (χ0v) is 12.1. The molecule has 1 amide bonds. The first kappa shape index (κ1) is 16.5. The van der Waals surface area contributed by atoms with E-state index in [2.05, 4.69) is 10.6 Å². The van der Waals surface area contributed by atoms with Crippen molar-refractivity contribution in [2.75, 3.05) is 17.2 Å². The highest BCUT2D eigenvalue weighted by molar-refractivity contribution is 5.98. The lowest BCUT2D eigenvalue weighted by Gasteiger charge is -2.09. The Labute approximate surface area is 130 Å². The van der Waals surface area contributed by atoms with Crippen LogP contribution in [0.4, 0.5) is 24.5 Å². The van der Waals surface area contributed by atoms with Crippen LogP contribution in [0.3, 0.4) is 0 Å². The van der Waals surface area contributed by atoms with E-state index in [4.69, 9.17) is 0 Å². The van der Waals surface area contributed by atoms with Gasteiger partial charge in [0.1, 0.15) is 0 Å². The molecule has 0 atom stereocenters. The number of hydrogen-bond donors (Lipinski definition) is 2. The Morgan fingerprint density at radius 3 is 2.48 bits per heavy atom. The monoisotopic (exact) mass is 322 g/mol. The van der Waals surface area contributed by atoms with Crippen LogP contribution in [-0.2, 0) is 4.79 Å². The molecule has 0 aromatic heterocycles. The topological polar surface area (TPSA) is 58.2 Å². The first-order valence-corrected chi connectivity index (χ1v) is 6.66. The summed E-state index contributed by atoms with van der Waals surface area (Å²) >= 11 is 0. The second-order valence-corrected chi connectivity index (χ2v) is 4.76. The summed E-state index contributed by atoms with van der Waals surface area (Å²) in [5.41, 5.74) is 0.509. The predicted molar refractivity (Wildman–Crippen MR) is 79.9 cm³/mol. The average molecular weight is 322 g/mol. The number of carbonyl (C=O) groups excluding carboxylic acids is 2. The molecule has 120 valence electrons. The van der Waals surface area contributed by atoms with Crippen molar-refractivity contribution < 1.29 is 22.8 Å². The van der Waals surface area contributed by atoms with E-state index in [1.807, 2.05) is 0 Å². The molecular formula is C16H13F3N2O2. The van der Waals surface area contributed by atoms with Crippen LogP contribution >= 0.6 is 0 Å². The Hall–Kier alpha value is -2.83. The molecule has 7 heteroatoms. The standard InChI is InChI=1S/C16H13F3N2O2/c1-9(22)10-3-2-4-11(7-10)21-14(23)8-20-13-6-5-12(17)15(18)16(13)19/h2-7,20H,8H2,1H3,(H,21,23). The Morgan fingerprint density at radius 1 is 1.04 bits per heavy atom. The smallest absolute Gasteiger partial charge is 0.243 e. The highest BCUT2D eigenvalue weighted by Gasteiger charge is 2.14. The van der Waals surface area contributed by atoms with Crippen molar-refractivity contribution in [3.8, 4) is 0 Å². The predicted octanol–water partition coefficient (Wildman–Crippen LogP) is 3.36. The van der Waals surface area contributed by atoms with Gasteiger partial charge in [0.15, 0.2) is 23.2 Å². The van der Waals surface area contributed by atoms with Crippen molar-refractivity contribution in [2.24, 2.45) is 0 Å². The third-order valence-corrected chi connectivity index (χ3v) is 3.03. The van der Waals surface area contributed by atoms with Crippen molar-refractivity contribution >= 4 is 23.1 Å². The van der Waals surface area contributed by atoms with Gasteiger partial charge in [-0.2, -0.15) is 0 Å². The summed E-state index contributed by atoms with van der Waals surface area (Å²) in [5.74, 6) is -4.99. The van der Waals surface area contributed by atoms with Crippen LogP contribution in [0.25, 0.3) is 0 Å². The van der Waals surface area contributed by atoms with Gasteiger partial charge in [0.05, 0.1) is 12.2 Å². The Bertz CT molecular complexity index is 763.